The molecule has 2 aliphatic rings. The standard InChI is InChI=1S/C13H24N2O.ClH/c1-15(10-11-5-2-3-6-11)13(16)9-12-7-4-8-14-12;/h11-12,14H,2-10H2,1H3;1H. The van der Waals surface area contributed by atoms with Crippen LogP contribution in [0.4, 0.5) is 0 Å². The number of halogens is 1. The van der Waals surface area contributed by atoms with E-state index in [-0.39, 0.29) is 12.4 Å². The Morgan fingerprint density at radius 3 is 2.53 bits per heavy atom. The highest BCUT2D eigenvalue weighted by molar-refractivity contribution is 5.85. The number of rotatable bonds is 4. The van der Waals surface area contributed by atoms with Gasteiger partial charge < -0.3 is 10.2 Å². The molecule has 2 fully saturated rings. The van der Waals surface area contributed by atoms with Crippen molar-refractivity contribution in [3.63, 3.8) is 0 Å². The van der Waals surface area contributed by atoms with Crippen molar-refractivity contribution in [3.05, 3.63) is 0 Å². The first kappa shape index (κ1) is 14.8. The Bertz CT molecular complexity index is 236. The van der Waals surface area contributed by atoms with Crippen molar-refractivity contribution < 1.29 is 4.79 Å². The van der Waals surface area contributed by atoms with Crippen molar-refractivity contribution in [2.24, 2.45) is 5.92 Å². The van der Waals surface area contributed by atoms with Crippen molar-refractivity contribution in [1.29, 1.82) is 0 Å². The average Bonchev–Trinajstić information content (AvgIpc) is 2.90. The molecule has 1 atom stereocenters. The van der Waals surface area contributed by atoms with E-state index in [1.807, 2.05) is 11.9 Å². The van der Waals surface area contributed by atoms with Gasteiger partial charge in [0.2, 0.25) is 5.91 Å². The number of amides is 1. The lowest BCUT2D eigenvalue weighted by atomic mass is 10.1. The molecular weight excluding hydrogens is 236 g/mol. The molecule has 1 N–H and O–H groups in total. The second kappa shape index (κ2) is 7.22. The monoisotopic (exact) mass is 260 g/mol. The summed E-state index contributed by atoms with van der Waals surface area (Å²) in [6.45, 7) is 2.07. The Labute approximate surface area is 111 Å². The maximum Gasteiger partial charge on any atom is 0.223 e. The third-order valence-corrected chi connectivity index (χ3v) is 4.02. The van der Waals surface area contributed by atoms with Gasteiger partial charge in [-0.1, -0.05) is 12.8 Å². The number of nitrogens with zero attached hydrogens (tertiary/aromatic N) is 1. The molecule has 2 rings (SSSR count). The first-order valence-electron chi connectivity index (χ1n) is 6.73. The van der Waals surface area contributed by atoms with Crippen LogP contribution in [0.1, 0.15) is 44.9 Å². The van der Waals surface area contributed by atoms with Crippen LogP contribution in [0.25, 0.3) is 0 Å². The van der Waals surface area contributed by atoms with E-state index in [1.165, 1.54) is 38.5 Å². The number of carbonyl (C=O) groups is 1. The first-order chi connectivity index (χ1) is 7.75. The lowest BCUT2D eigenvalue weighted by molar-refractivity contribution is -0.130. The van der Waals surface area contributed by atoms with Crippen LogP contribution in [0.3, 0.4) is 0 Å². The summed E-state index contributed by atoms with van der Waals surface area (Å²) in [7, 11) is 1.97. The highest BCUT2D eigenvalue weighted by atomic mass is 35.5. The highest BCUT2D eigenvalue weighted by Gasteiger charge is 2.22. The first-order valence-corrected chi connectivity index (χ1v) is 6.73. The van der Waals surface area contributed by atoms with Gasteiger partial charge in [-0.05, 0) is 38.1 Å². The van der Waals surface area contributed by atoms with Crippen molar-refractivity contribution in [3.8, 4) is 0 Å². The molecule has 1 unspecified atom stereocenters. The minimum atomic E-state index is 0. The molecule has 1 saturated carbocycles. The zero-order chi connectivity index (χ0) is 11.4. The molecule has 1 amide bonds. The Kier molecular flexibility index (Phi) is 6.28. The molecule has 3 nitrogen and oxygen atoms in total. The lowest BCUT2D eigenvalue weighted by Gasteiger charge is -2.22. The van der Waals surface area contributed by atoms with E-state index in [0.717, 1.165) is 19.0 Å². The van der Waals surface area contributed by atoms with Crippen molar-refractivity contribution >= 4 is 18.3 Å². The van der Waals surface area contributed by atoms with Crippen molar-refractivity contribution in [2.75, 3.05) is 20.1 Å². The van der Waals surface area contributed by atoms with Gasteiger partial charge >= 0.3 is 0 Å². The van der Waals surface area contributed by atoms with Crippen molar-refractivity contribution in [1.82, 2.24) is 10.2 Å². The molecule has 0 aromatic heterocycles. The van der Waals surface area contributed by atoms with E-state index in [0.29, 0.717) is 18.4 Å². The van der Waals surface area contributed by atoms with Gasteiger partial charge in [-0.2, -0.15) is 0 Å². The molecule has 1 saturated heterocycles. The zero-order valence-corrected chi connectivity index (χ0v) is 11.6. The molecule has 0 aromatic rings. The highest BCUT2D eigenvalue weighted by Crippen LogP contribution is 2.25. The van der Waals surface area contributed by atoms with Gasteiger partial charge in [-0.15, -0.1) is 12.4 Å². The predicted octanol–water partition coefficient (Wildman–Crippen LogP) is 2.20. The largest absolute Gasteiger partial charge is 0.345 e. The SMILES string of the molecule is CN(CC1CCCC1)C(=O)CC1CCCN1.Cl. The van der Waals surface area contributed by atoms with E-state index >= 15 is 0 Å². The summed E-state index contributed by atoms with van der Waals surface area (Å²) in [4.78, 5) is 13.9. The minimum absolute atomic E-state index is 0. The maximum absolute atomic E-state index is 12.0. The molecule has 0 spiro atoms. The van der Waals surface area contributed by atoms with Crippen molar-refractivity contribution in [2.45, 2.75) is 51.0 Å². The topological polar surface area (TPSA) is 32.3 Å². The second-order valence-electron chi connectivity index (χ2n) is 5.42. The van der Waals surface area contributed by atoms with Gasteiger partial charge in [-0.3, -0.25) is 4.79 Å². The summed E-state index contributed by atoms with van der Waals surface area (Å²) in [6, 6.07) is 0.443. The summed E-state index contributed by atoms with van der Waals surface area (Å²) in [5.74, 6) is 1.09. The second-order valence-corrected chi connectivity index (χ2v) is 5.42. The number of hydrogen-bond acceptors (Lipinski definition) is 2. The molecule has 1 aliphatic carbocycles. The molecule has 0 bridgehead atoms. The summed E-state index contributed by atoms with van der Waals surface area (Å²) in [6.07, 6.45) is 8.45. The van der Waals surface area contributed by atoms with E-state index in [9.17, 15) is 4.79 Å². The number of carbonyl (C=O) groups excluding carboxylic acids is 1. The predicted molar refractivity (Wildman–Crippen MR) is 72.5 cm³/mol. The Balaban J connectivity index is 0.00000144. The van der Waals surface area contributed by atoms with Crippen LogP contribution in [0.15, 0.2) is 0 Å². The molecule has 100 valence electrons. The van der Waals surface area contributed by atoms with E-state index < -0.39 is 0 Å². The average molecular weight is 261 g/mol. The van der Waals surface area contributed by atoms with Crippen LogP contribution in [0.2, 0.25) is 0 Å². The third kappa shape index (κ3) is 4.47. The van der Waals surface area contributed by atoms with Gasteiger partial charge in [-0.25, -0.2) is 0 Å². The van der Waals surface area contributed by atoms with Crippen LogP contribution in [0.5, 0.6) is 0 Å². The van der Waals surface area contributed by atoms with Crippen LogP contribution in [-0.2, 0) is 4.79 Å². The van der Waals surface area contributed by atoms with Gasteiger partial charge in [0.1, 0.15) is 0 Å². The molecule has 0 aromatic carbocycles. The van der Waals surface area contributed by atoms with E-state index in [1.54, 1.807) is 0 Å². The smallest absolute Gasteiger partial charge is 0.223 e. The van der Waals surface area contributed by atoms with Crippen LogP contribution in [0, 0.1) is 5.92 Å². The van der Waals surface area contributed by atoms with E-state index in [4.69, 9.17) is 0 Å². The zero-order valence-electron chi connectivity index (χ0n) is 10.8. The fraction of sp³-hybridized carbons (Fsp3) is 0.923. The molecular formula is C13H25ClN2O. The molecule has 1 aliphatic heterocycles. The quantitative estimate of drug-likeness (QED) is 0.841. The normalized spacial score (nSPS) is 24.6. The summed E-state index contributed by atoms with van der Waals surface area (Å²) < 4.78 is 0. The summed E-state index contributed by atoms with van der Waals surface area (Å²) in [5, 5.41) is 3.39. The molecule has 4 heteroatoms. The van der Waals surface area contributed by atoms with Gasteiger partial charge in [0.15, 0.2) is 0 Å². The van der Waals surface area contributed by atoms with Crippen LogP contribution in [-0.4, -0.2) is 37.0 Å². The van der Waals surface area contributed by atoms with Gasteiger partial charge in [0.05, 0.1) is 0 Å². The third-order valence-electron chi connectivity index (χ3n) is 4.02. The van der Waals surface area contributed by atoms with E-state index in [2.05, 4.69) is 5.32 Å². The minimum Gasteiger partial charge on any atom is -0.345 e. The molecule has 0 radical (unpaired) electrons. The van der Waals surface area contributed by atoms with Crippen LogP contribution >= 0.6 is 12.4 Å². The number of hydrogen-bond donors (Lipinski definition) is 1. The summed E-state index contributed by atoms with van der Waals surface area (Å²) in [5.41, 5.74) is 0. The fourth-order valence-electron chi connectivity index (χ4n) is 2.98. The maximum atomic E-state index is 12.0. The lowest BCUT2D eigenvalue weighted by Crippen LogP contribution is -2.35. The molecule has 17 heavy (non-hydrogen) atoms. The Morgan fingerprint density at radius 1 is 1.24 bits per heavy atom. The Hall–Kier alpha value is -0.280. The fourth-order valence-corrected chi connectivity index (χ4v) is 2.98. The number of nitrogens with one attached hydrogen (secondary N) is 1. The molecule has 1 heterocycles. The van der Waals surface area contributed by atoms with Crippen LogP contribution < -0.4 is 5.32 Å². The Morgan fingerprint density at radius 2 is 1.94 bits per heavy atom. The summed E-state index contributed by atoms with van der Waals surface area (Å²) >= 11 is 0. The van der Waals surface area contributed by atoms with Gasteiger partial charge in [0, 0.05) is 26.1 Å². The van der Waals surface area contributed by atoms with Gasteiger partial charge in [0.25, 0.3) is 0 Å².